The van der Waals surface area contributed by atoms with E-state index in [0.29, 0.717) is 37.1 Å². The Morgan fingerprint density at radius 1 is 1.14 bits per heavy atom. The van der Waals surface area contributed by atoms with Crippen LogP contribution in [0.25, 0.3) is 0 Å². The Bertz CT molecular complexity index is 501. The van der Waals surface area contributed by atoms with Gasteiger partial charge in [0.15, 0.2) is 11.5 Å². The van der Waals surface area contributed by atoms with Gasteiger partial charge in [-0.1, -0.05) is 24.4 Å². The smallest absolute Gasteiger partial charge is 0.179 e. The number of rotatable bonds is 4. The van der Waals surface area contributed by atoms with E-state index in [0.717, 1.165) is 43.4 Å². The Morgan fingerprint density at radius 3 is 2.71 bits per heavy atom. The highest BCUT2D eigenvalue weighted by Crippen LogP contribution is 2.38. The first-order valence-corrected chi connectivity index (χ1v) is 8.05. The van der Waals surface area contributed by atoms with E-state index in [9.17, 15) is 5.11 Å². The molecule has 116 valence electrons. The van der Waals surface area contributed by atoms with Gasteiger partial charge in [-0.2, -0.15) is 0 Å². The summed E-state index contributed by atoms with van der Waals surface area (Å²) in [6, 6.07) is 3.87. The summed E-state index contributed by atoms with van der Waals surface area (Å²) >= 11 is 6.27. The van der Waals surface area contributed by atoms with E-state index in [1.54, 1.807) is 0 Å². The molecule has 1 fully saturated rings. The second-order valence-electron chi connectivity index (χ2n) is 5.99. The zero-order chi connectivity index (χ0) is 14.7. The fraction of sp³-hybridized carbons (Fsp3) is 0.625. The van der Waals surface area contributed by atoms with E-state index in [1.165, 1.54) is 0 Å². The first-order valence-electron chi connectivity index (χ1n) is 7.67. The highest BCUT2D eigenvalue weighted by Gasteiger charge is 2.30. The van der Waals surface area contributed by atoms with E-state index in [-0.39, 0.29) is 0 Å². The predicted octanol–water partition coefficient (Wildman–Crippen LogP) is 2.90. The molecule has 0 bridgehead atoms. The molecule has 2 N–H and O–H groups in total. The summed E-state index contributed by atoms with van der Waals surface area (Å²) in [5.41, 5.74) is 0.514. The fourth-order valence-corrected chi connectivity index (χ4v) is 3.32. The molecular formula is C16H22ClNO3. The molecule has 5 heteroatoms. The quantitative estimate of drug-likeness (QED) is 0.898. The molecule has 1 saturated carbocycles. The zero-order valence-corrected chi connectivity index (χ0v) is 12.9. The maximum Gasteiger partial charge on any atom is 0.179 e. The summed E-state index contributed by atoms with van der Waals surface area (Å²) in [4.78, 5) is 0. The molecule has 0 radical (unpaired) electrons. The van der Waals surface area contributed by atoms with E-state index in [1.807, 2.05) is 12.1 Å². The molecule has 3 rings (SSSR count). The van der Waals surface area contributed by atoms with Crippen LogP contribution >= 0.6 is 11.6 Å². The lowest BCUT2D eigenvalue weighted by molar-refractivity contribution is 0.0475. The molecule has 0 spiro atoms. The highest BCUT2D eigenvalue weighted by atomic mass is 35.5. The third kappa shape index (κ3) is 3.62. The van der Waals surface area contributed by atoms with Gasteiger partial charge in [0.1, 0.15) is 0 Å². The summed E-state index contributed by atoms with van der Waals surface area (Å²) in [5, 5.41) is 14.2. The third-order valence-corrected chi connectivity index (χ3v) is 4.46. The number of ether oxygens (including phenoxy) is 2. The molecule has 1 aromatic carbocycles. The van der Waals surface area contributed by atoms with Crippen LogP contribution in [-0.4, -0.2) is 30.5 Å². The van der Waals surface area contributed by atoms with Crippen LogP contribution in [0.1, 0.15) is 37.7 Å². The standard InChI is InChI=1S/C16H22ClNO3/c17-13-8-12(9-14-15(13)21-7-3-6-20-14)10-18-11-16(19)4-1-2-5-16/h8-9,18-19H,1-7,10-11H2. The average molecular weight is 312 g/mol. The second-order valence-corrected chi connectivity index (χ2v) is 6.40. The van der Waals surface area contributed by atoms with Crippen molar-refractivity contribution in [2.24, 2.45) is 0 Å². The SMILES string of the molecule is OC1(CNCc2cc(Cl)c3c(c2)OCCCO3)CCCC1. The Morgan fingerprint density at radius 2 is 1.90 bits per heavy atom. The van der Waals surface area contributed by atoms with Crippen molar-refractivity contribution in [2.45, 2.75) is 44.2 Å². The van der Waals surface area contributed by atoms with Crippen LogP contribution in [0, 0.1) is 0 Å². The van der Waals surface area contributed by atoms with Crippen molar-refractivity contribution in [2.75, 3.05) is 19.8 Å². The normalized spacial score (nSPS) is 20.3. The molecule has 1 heterocycles. The minimum atomic E-state index is -0.533. The molecule has 1 aromatic rings. The highest BCUT2D eigenvalue weighted by molar-refractivity contribution is 6.32. The lowest BCUT2D eigenvalue weighted by Crippen LogP contribution is -2.37. The molecule has 0 atom stereocenters. The molecule has 0 amide bonds. The molecule has 1 aliphatic carbocycles. The lowest BCUT2D eigenvalue weighted by atomic mass is 10.0. The summed E-state index contributed by atoms with van der Waals surface area (Å²) in [6.45, 7) is 2.58. The summed E-state index contributed by atoms with van der Waals surface area (Å²) in [6.07, 6.45) is 4.89. The topological polar surface area (TPSA) is 50.7 Å². The van der Waals surface area contributed by atoms with Gasteiger partial charge in [-0.05, 0) is 30.5 Å². The minimum Gasteiger partial charge on any atom is -0.489 e. The Labute approximate surface area is 130 Å². The maximum atomic E-state index is 10.3. The van der Waals surface area contributed by atoms with Crippen LogP contribution in [-0.2, 0) is 6.54 Å². The van der Waals surface area contributed by atoms with E-state index in [2.05, 4.69) is 5.32 Å². The molecule has 1 aliphatic heterocycles. The van der Waals surface area contributed by atoms with Crippen molar-refractivity contribution < 1.29 is 14.6 Å². The number of hydrogen-bond donors (Lipinski definition) is 2. The zero-order valence-electron chi connectivity index (χ0n) is 12.2. The molecule has 4 nitrogen and oxygen atoms in total. The second kappa shape index (κ2) is 6.42. The van der Waals surface area contributed by atoms with E-state index < -0.39 is 5.60 Å². The average Bonchev–Trinajstić information content (AvgIpc) is 2.73. The third-order valence-electron chi connectivity index (χ3n) is 4.18. The van der Waals surface area contributed by atoms with Crippen LogP contribution in [0.2, 0.25) is 5.02 Å². The molecule has 21 heavy (non-hydrogen) atoms. The largest absolute Gasteiger partial charge is 0.489 e. The Balaban J connectivity index is 1.63. The first kappa shape index (κ1) is 14.9. The molecule has 0 saturated heterocycles. The van der Waals surface area contributed by atoms with Gasteiger partial charge in [0.05, 0.1) is 23.8 Å². The van der Waals surface area contributed by atoms with Gasteiger partial charge in [0, 0.05) is 19.5 Å². The van der Waals surface area contributed by atoms with Crippen LogP contribution in [0.3, 0.4) is 0 Å². The van der Waals surface area contributed by atoms with Crippen LogP contribution in [0.4, 0.5) is 0 Å². The number of fused-ring (bicyclic) bond motifs is 1. The number of nitrogens with one attached hydrogen (secondary N) is 1. The van der Waals surface area contributed by atoms with Gasteiger partial charge in [-0.3, -0.25) is 0 Å². The number of aliphatic hydroxyl groups is 1. The van der Waals surface area contributed by atoms with E-state index >= 15 is 0 Å². The summed E-state index contributed by atoms with van der Waals surface area (Å²) < 4.78 is 11.3. The first-order chi connectivity index (χ1) is 10.2. The van der Waals surface area contributed by atoms with Crippen molar-refractivity contribution in [3.05, 3.63) is 22.7 Å². The minimum absolute atomic E-state index is 0.533. The molecule has 0 unspecified atom stereocenters. The van der Waals surface area contributed by atoms with Gasteiger partial charge in [-0.25, -0.2) is 0 Å². The molecule has 2 aliphatic rings. The van der Waals surface area contributed by atoms with Crippen LogP contribution < -0.4 is 14.8 Å². The van der Waals surface area contributed by atoms with E-state index in [4.69, 9.17) is 21.1 Å². The van der Waals surface area contributed by atoms with Crippen LogP contribution in [0.5, 0.6) is 11.5 Å². The lowest BCUT2D eigenvalue weighted by Gasteiger charge is -2.22. The van der Waals surface area contributed by atoms with Gasteiger partial charge in [0.25, 0.3) is 0 Å². The van der Waals surface area contributed by atoms with Gasteiger partial charge in [-0.15, -0.1) is 0 Å². The summed E-state index contributed by atoms with van der Waals surface area (Å²) in [5.74, 6) is 1.36. The van der Waals surface area contributed by atoms with Crippen molar-refractivity contribution in [3.63, 3.8) is 0 Å². The van der Waals surface area contributed by atoms with Crippen molar-refractivity contribution >= 4 is 11.6 Å². The van der Waals surface area contributed by atoms with Crippen LogP contribution in [0.15, 0.2) is 12.1 Å². The maximum absolute atomic E-state index is 10.3. The van der Waals surface area contributed by atoms with Crippen molar-refractivity contribution in [1.29, 1.82) is 0 Å². The number of benzene rings is 1. The predicted molar refractivity (Wildman–Crippen MR) is 82.2 cm³/mol. The molecule has 0 aromatic heterocycles. The number of halogens is 1. The Kier molecular flexibility index (Phi) is 4.57. The number of hydrogen-bond acceptors (Lipinski definition) is 4. The monoisotopic (exact) mass is 311 g/mol. The van der Waals surface area contributed by atoms with Crippen molar-refractivity contribution in [3.8, 4) is 11.5 Å². The van der Waals surface area contributed by atoms with Crippen molar-refractivity contribution in [1.82, 2.24) is 5.32 Å². The fourth-order valence-electron chi connectivity index (χ4n) is 3.04. The van der Waals surface area contributed by atoms with Gasteiger partial charge < -0.3 is 19.9 Å². The van der Waals surface area contributed by atoms with Gasteiger partial charge in [0.2, 0.25) is 0 Å². The summed E-state index contributed by atoms with van der Waals surface area (Å²) in [7, 11) is 0. The van der Waals surface area contributed by atoms with Gasteiger partial charge >= 0.3 is 0 Å². The molecular weight excluding hydrogens is 290 g/mol. The Hall–Kier alpha value is -0.970.